The Labute approximate surface area is 125 Å². The fourth-order valence-electron chi connectivity index (χ4n) is 2.92. The summed E-state index contributed by atoms with van der Waals surface area (Å²) in [7, 11) is 2.21. The van der Waals surface area contributed by atoms with Gasteiger partial charge in [0.2, 0.25) is 0 Å². The maximum Gasteiger partial charge on any atom is 0.0508 e. The van der Waals surface area contributed by atoms with Crippen molar-refractivity contribution < 1.29 is 0 Å². The molecule has 0 radical (unpaired) electrons. The van der Waals surface area contributed by atoms with E-state index in [-0.39, 0.29) is 0 Å². The lowest BCUT2D eigenvalue weighted by Gasteiger charge is -2.24. The quantitative estimate of drug-likeness (QED) is 0.844. The summed E-state index contributed by atoms with van der Waals surface area (Å²) in [6, 6.07) is 6.71. The molecule has 0 atom stereocenters. The second kappa shape index (κ2) is 7.30. The summed E-state index contributed by atoms with van der Waals surface area (Å²) < 4.78 is 1.21. The first kappa shape index (κ1) is 14.9. The largest absolute Gasteiger partial charge is 0.373 e. The fourth-order valence-corrected chi connectivity index (χ4v) is 3.65. The average molecular weight is 325 g/mol. The van der Waals surface area contributed by atoms with Gasteiger partial charge < -0.3 is 10.2 Å². The van der Waals surface area contributed by atoms with Crippen molar-refractivity contribution in [1.29, 1.82) is 0 Å². The van der Waals surface area contributed by atoms with E-state index in [1.54, 1.807) is 0 Å². The second-order valence-electron chi connectivity index (χ2n) is 5.60. The van der Waals surface area contributed by atoms with Crippen LogP contribution in [0.5, 0.6) is 0 Å². The zero-order valence-electron chi connectivity index (χ0n) is 12.1. The highest BCUT2D eigenvalue weighted by Gasteiger charge is 2.18. The van der Waals surface area contributed by atoms with E-state index in [1.807, 2.05) is 0 Å². The van der Waals surface area contributed by atoms with Crippen LogP contribution in [0.2, 0.25) is 0 Å². The van der Waals surface area contributed by atoms with Crippen molar-refractivity contribution in [3.8, 4) is 0 Å². The number of nitrogens with zero attached hydrogens (tertiary/aromatic N) is 1. The molecule has 2 rings (SSSR count). The maximum absolute atomic E-state index is 3.72. The van der Waals surface area contributed by atoms with Gasteiger partial charge in [-0.05, 0) is 58.9 Å². The molecule has 1 aromatic carbocycles. The van der Waals surface area contributed by atoms with Crippen molar-refractivity contribution in [2.24, 2.45) is 5.92 Å². The van der Waals surface area contributed by atoms with E-state index in [1.165, 1.54) is 48.0 Å². The first-order valence-electron chi connectivity index (χ1n) is 7.41. The van der Waals surface area contributed by atoms with E-state index in [0.717, 1.165) is 19.0 Å². The van der Waals surface area contributed by atoms with Crippen LogP contribution in [0, 0.1) is 5.92 Å². The minimum Gasteiger partial charge on any atom is -0.373 e. The third kappa shape index (κ3) is 4.22. The monoisotopic (exact) mass is 324 g/mol. The molecule has 1 saturated carbocycles. The van der Waals surface area contributed by atoms with Crippen LogP contribution < -0.4 is 10.2 Å². The van der Waals surface area contributed by atoms with Gasteiger partial charge in [-0.3, -0.25) is 0 Å². The van der Waals surface area contributed by atoms with Crippen molar-refractivity contribution in [2.75, 3.05) is 25.0 Å². The molecule has 0 bridgehead atoms. The molecule has 0 spiro atoms. The van der Waals surface area contributed by atoms with Crippen LogP contribution in [0.3, 0.4) is 0 Å². The summed E-state index contributed by atoms with van der Waals surface area (Å²) in [5, 5.41) is 3.36. The molecule has 1 fully saturated rings. The Morgan fingerprint density at radius 1 is 1.32 bits per heavy atom. The zero-order chi connectivity index (χ0) is 13.7. The SMILES string of the molecule is CCNCc1ccc(N(C)CC2CCCC2)c(Br)c1. The van der Waals surface area contributed by atoms with E-state index in [9.17, 15) is 0 Å². The highest BCUT2D eigenvalue weighted by Crippen LogP contribution is 2.30. The van der Waals surface area contributed by atoms with Crippen molar-refractivity contribution >= 4 is 21.6 Å². The van der Waals surface area contributed by atoms with Crippen molar-refractivity contribution in [3.05, 3.63) is 28.2 Å². The predicted octanol–water partition coefficient (Wildman–Crippen LogP) is 4.19. The van der Waals surface area contributed by atoms with Gasteiger partial charge >= 0.3 is 0 Å². The molecule has 0 heterocycles. The van der Waals surface area contributed by atoms with Crippen LogP contribution >= 0.6 is 15.9 Å². The van der Waals surface area contributed by atoms with E-state index in [4.69, 9.17) is 0 Å². The first-order chi connectivity index (χ1) is 9.20. The molecule has 0 aliphatic heterocycles. The van der Waals surface area contributed by atoms with E-state index < -0.39 is 0 Å². The van der Waals surface area contributed by atoms with E-state index >= 15 is 0 Å². The Bertz CT molecular complexity index is 400. The fraction of sp³-hybridized carbons (Fsp3) is 0.625. The van der Waals surface area contributed by atoms with E-state index in [2.05, 4.69) is 58.3 Å². The van der Waals surface area contributed by atoms with Gasteiger partial charge in [0.25, 0.3) is 0 Å². The Morgan fingerprint density at radius 2 is 2.05 bits per heavy atom. The van der Waals surface area contributed by atoms with Gasteiger partial charge in [0, 0.05) is 24.6 Å². The lowest BCUT2D eigenvalue weighted by Crippen LogP contribution is -2.24. The maximum atomic E-state index is 3.72. The zero-order valence-corrected chi connectivity index (χ0v) is 13.7. The van der Waals surface area contributed by atoms with Crippen LogP contribution in [0.4, 0.5) is 5.69 Å². The van der Waals surface area contributed by atoms with Gasteiger partial charge in [0.15, 0.2) is 0 Å². The first-order valence-corrected chi connectivity index (χ1v) is 8.20. The lowest BCUT2D eigenvalue weighted by molar-refractivity contribution is 0.547. The standard InChI is InChI=1S/C16H25BrN2/c1-3-18-11-14-8-9-16(15(17)10-14)19(2)12-13-6-4-5-7-13/h8-10,13,18H,3-7,11-12H2,1-2H3. The molecule has 0 unspecified atom stereocenters. The van der Waals surface area contributed by atoms with Crippen LogP contribution in [0.1, 0.15) is 38.2 Å². The van der Waals surface area contributed by atoms with Gasteiger partial charge in [-0.15, -0.1) is 0 Å². The van der Waals surface area contributed by atoms with Gasteiger partial charge in [-0.2, -0.15) is 0 Å². The topological polar surface area (TPSA) is 15.3 Å². The van der Waals surface area contributed by atoms with Crippen LogP contribution in [-0.4, -0.2) is 20.1 Å². The highest BCUT2D eigenvalue weighted by atomic mass is 79.9. The summed E-state index contributed by atoms with van der Waals surface area (Å²) >= 11 is 3.72. The Hall–Kier alpha value is -0.540. The number of halogens is 1. The molecule has 106 valence electrons. The summed E-state index contributed by atoms with van der Waals surface area (Å²) in [6.07, 6.45) is 5.64. The van der Waals surface area contributed by atoms with Crippen LogP contribution in [0.15, 0.2) is 22.7 Å². The molecule has 1 aliphatic rings. The predicted molar refractivity (Wildman–Crippen MR) is 86.8 cm³/mol. The van der Waals surface area contributed by atoms with Gasteiger partial charge in [0.1, 0.15) is 0 Å². The van der Waals surface area contributed by atoms with Gasteiger partial charge in [-0.25, -0.2) is 0 Å². The van der Waals surface area contributed by atoms with Crippen molar-refractivity contribution in [3.63, 3.8) is 0 Å². The molecule has 2 nitrogen and oxygen atoms in total. The average Bonchev–Trinajstić information content (AvgIpc) is 2.89. The van der Waals surface area contributed by atoms with Crippen molar-refractivity contribution in [1.82, 2.24) is 5.32 Å². The Morgan fingerprint density at radius 3 is 2.68 bits per heavy atom. The Balaban J connectivity index is 1.98. The highest BCUT2D eigenvalue weighted by molar-refractivity contribution is 9.10. The molecule has 1 aliphatic carbocycles. The number of hydrogen-bond donors (Lipinski definition) is 1. The third-order valence-corrected chi connectivity index (χ3v) is 4.64. The minimum absolute atomic E-state index is 0.887. The molecule has 3 heteroatoms. The van der Waals surface area contributed by atoms with E-state index in [0.29, 0.717) is 0 Å². The summed E-state index contributed by atoms with van der Waals surface area (Å²) in [5.41, 5.74) is 2.65. The normalized spacial score (nSPS) is 15.9. The number of benzene rings is 1. The lowest BCUT2D eigenvalue weighted by atomic mass is 10.1. The molecular formula is C16H25BrN2. The number of anilines is 1. The molecule has 0 amide bonds. The summed E-state index contributed by atoms with van der Waals surface area (Å²) in [6.45, 7) is 5.28. The molecular weight excluding hydrogens is 300 g/mol. The summed E-state index contributed by atoms with van der Waals surface area (Å²) in [5.74, 6) is 0.887. The molecule has 1 N–H and O–H groups in total. The van der Waals surface area contributed by atoms with Gasteiger partial charge in [0.05, 0.1) is 5.69 Å². The third-order valence-electron chi connectivity index (χ3n) is 4.01. The van der Waals surface area contributed by atoms with Crippen molar-refractivity contribution in [2.45, 2.75) is 39.2 Å². The molecule has 0 aromatic heterocycles. The summed E-state index contributed by atoms with van der Waals surface area (Å²) in [4.78, 5) is 2.40. The van der Waals surface area contributed by atoms with Crippen LogP contribution in [0.25, 0.3) is 0 Å². The number of nitrogens with one attached hydrogen (secondary N) is 1. The molecule has 19 heavy (non-hydrogen) atoms. The number of rotatable bonds is 6. The smallest absolute Gasteiger partial charge is 0.0508 e. The minimum atomic E-state index is 0.887. The van der Waals surface area contributed by atoms with Gasteiger partial charge in [-0.1, -0.05) is 25.8 Å². The molecule has 1 aromatic rings. The Kier molecular flexibility index (Phi) is 5.71. The molecule has 0 saturated heterocycles. The second-order valence-corrected chi connectivity index (χ2v) is 6.45. The number of hydrogen-bond acceptors (Lipinski definition) is 2. The van der Waals surface area contributed by atoms with Crippen LogP contribution in [-0.2, 0) is 6.54 Å².